The van der Waals surface area contributed by atoms with Gasteiger partial charge in [-0.3, -0.25) is 0 Å². The van der Waals surface area contributed by atoms with Crippen molar-refractivity contribution in [2.75, 3.05) is 37.8 Å². The quantitative estimate of drug-likeness (QED) is 0.644. The second-order valence-corrected chi connectivity index (χ2v) is 5.44. The third kappa shape index (κ3) is 7.24. The fraction of sp³-hybridized carbons (Fsp3) is 0.733. The first-order chi connectivity index (χ1) is 10.0. The second kappa shape index (κ2) is 9.52. The Hall–Kier alpha value is -1.40. The first-order valence-corrected chi connectivity index (χ1v) is 7.68. The molecule has 0 aromatic carbocycles. The SMILES string of the molecule is CCOCc1nc(N)cc(NCCCCN(C)C(C)C)n1. The molecule has 0 aliphatic rings. The van der Waals surface area contributed by atoms with Crippen LogP contribution in [0.25, 0.3) is 0 Å². The summed E-state index contributed by atoms with van der Waals surface area (Å²) in [5.74, 6) is 1.87. The van der Waals surface area contributed by atoms with E-state index in [-0.39, 0.29) is 0 Å². The van der Waals surface area contributed by atoms with Gasteiger partial charge >= 0.3 is 0 Å². The highest BCUT2D eigenvalue weighted by Gasteiger charge is 2.04. The molecule has 0 unspecified atom stereocenters. The van der Waals surface area contributed by atoms with Crippen LogP contribution in [-0.2, 0) is 11.3 Å². The van der Waals surface area contributed by atoms with Crippen molar-refractivity contribution in [3.63, 3.8) is 0 Å². The molecule has 120 valence electrons. The van der Waals surface area contributed by atoms with Gasteiger partial charge in [-0.1, -0.05) is 0 Å². The van der Waals surface area contributed by atoms with Gasteiger partial charge in [0.1, 0.15) is 18.2 Å². The number of nitrogens with zero attached hydrogens (tertiary/aromatic N) is 3. The predicted octanol–water partition coefficient (Wildman–Crippen LogP) is 2.13. The summed E-state index contributed by atoms with van der Waals surface area (Å²) in [6, 6.07) is 2.36. The predicted molar refractivity (Wildman–Crippen MR) is 87.3 cm³/mol. The Labute approximate surface area is 128 Å². The third-order valence-electron chi connectivity index (χ3n) is 3.35. The molecular weight excluding hydrogens is 266 g/mol. The van der Waals surface area contributed by atoms with Crippen molar-refractivity contribution in [3.05, 3.63) is 11.9 Å². The minimum atomic E-state index is 0.398. The average Bonchev–Trinajstić information content (AvgIpc) is 2.43. The fourth-order valence-corrected chi connectivity index (χ4v) is 1.83. The highest BCUT2D eigenvalue weighted by Crippen LogP contribution is 2.09. The molecule has 0 saturated carbocycles. The molecule has 0 radical (unpaired) electrons. The normalized spacial score (nSPS) is 11.3. The molecule has 6 nitrogen and oxygen atoms in total. The fourth-order valence-electron chi connectivity index (χ4n) is 1.83. The van der Waals surface area contributed by atoms with E-state index < -0.39 is 0 Å². The molecule has 1 rings (SSSR count). The number of hydrogen-bond donors (Lipinski definition) is 2. The number of nitrogens with two attached hydrogens (primary N) is 1. The Kier molecular flexibility index (Phi) is 8.00. The number of nitrogen functional groups attached to an aromatic ring is 1. The number of rotatable bonds is 10. The summed E-state index contributed by atoms with van der Waals surface area (Å²) in [6.45, 7) is 9.40. The van der Waals surface area contributed by atoms with Crippen molar-refractivity contribution in [2.24, 2.45) is 0 Å². The molecular formula is C15H29N5O. The summed E-state index contributed by atoms with van der Waals surface area (Å²) in [5, 5.41) is 3.30. The zero-order valence-electron chi connectivity index (χ0n) is 13.7. The maximum atomic E-state index is 5.78. The average molecular weight is 295 g/mol. The van der Waals surface area contributed by atoms with Crippen LogP contribution in [0, 0.1) is 0 Å². The van der Waals surface area contributed by atoms with Crippen LogP contribution in [0.15, 0.2) is 6.07 Å². The molecule has 1 aromatic rings. The van der Waals surface area contributed by atoms with Gasteiger partial charge in [0.15, 0.2) is 5.82 Å². The van der Waals surface area contributed by atoms with Gasteiger partial charge in [-0.05, 0) is 47.2 Å². The minimum Gasteiger partial charge on any atom is -0.384 e. The minimum absolute atomic E-state index is 0.398. The van der Waals surface area contributed by atoms with Crippen molar-refractivity contribution < 1.29 is 4.74 Å². The first-order valence-electron chi connectivity index (χ1n) is 7.68. The van der Waals surface area contributed by atoms with Crippen LogP contribution in [0.5, 0.6) is 0 Å². The summed E-state index contributed by atoms with van der Waals surface area (Å²) >= 11 is 0. The van der Waals surface area contributed by atoms with Gasteiger partial charge in [-0.15, -0.1) is 0 Å². The van der Waals surface area contributed by atoms with E-state index in [1.54, 1.807) is 6.07 Å². The van der Waals surface area contributed by atoms with Crippen LogP contribution in [0.2, 0.25) is 0 Å². The summed E-state index contributed by atoms with van der Waals surface area (Å²) < 4.78 is 5.31. The van der Waals surface area contributed by atoms with Gasteiger partial charge in [0, 0.05) is 25.3 Å². The first kappa shape index (κ1) is 17.7. The van der Waals surface area contributed by atoms with Gasteiger partial charge in [0.2, 0.25) is 0 Å². The lowest BCUT2D eigenvalue weighted by molar-refractivity contribution is 0.128. The number of aromatic nitrogens is 2. The molecule has 0 aliphatic carbocycles. The van der Waals surface area contributed by atoms with Crippen LogP contribution < -0.4 is 11.1 Å². The second-order valence-electron chi connectivity index (χ2n) is 5.44. The van der Waals surface area contributed by atoms with E-state index in [9.17, 15) is 0 Å². The maximum Gasteiger partial charge on any atom is 0.158 e. The molecule has 1 heterocycles. The molecule has 3 N–H and O–H groups in total. The lowest BCUT2D eigenvalue weighted by Gasteiger charge is -2.20. The van der Waals surface area contributed by atoms with E-state index >= 15 is 0 Å². The Morgan fingerprint density at radius 1 is 1.33 bits per heavy atom. The van der Waals surface area contributed by atoms with Crippen LogP contribution in [0.4, 0.5) is 11.6 Å². The Bertz CT molecular complexity index is 411. The van der Waals surface area contributed by atoms with E-state index in [4.69, 9.17) is 10.5 Å². The van der Waals surface area contributed by atoms with E-state index in [1.807, 2.05) is 6.92 Å². The van der Waals surface area contributed by atoms with Crippen molar-refractivity contribution in [2.45, 2.75) is 46.3 Å². The highest BCUT2D eigenvalue weighted by atomic mass is 16.5. The molecule has 21 heavy (non-hydrogen) atoms. The zero-order chi connectivity index (χ0) is 15.7. The molecule has 0 fully saturated rings. The van der Waals surface area contributed by atoms with Crippen molar-refractivity contribution in [1.29, 1.82) is 0 Å². The van der Waals surface area contributed by atoms with Gasteiger partial charge in [0.05, 0.1) is 0 Å². The third-order valence-corrected chi connectivity index (χ3v) is 3.35. The number of hydrogen-bond acceptors (Lipinski definition) is 6. The van der Waals surface area contributed by atoms with Crippen LogP contribution in [0.3, 0.4) is 0 Å². The van der Waals surface area contributed by atoms with Crippen molar-refractivity contribution in [3.8, 4) is 0 Å². The molecule has 0 atom stereocenters. The van der Waals surface area contributed by atoms with E-state index in [1.165, 1.54) is 0 Å². The van der Waals surface area contributed by atoms with E-state index in [2.05, 4.69) is 41.1 Å². The Morgan fingerprint density at radius 3 is 2.76 bits per heavy atom. The van der Waals surface area contributed by atoms with Crippen molar-refractivity contribution >= 4 is 11.6 Å². The summed E-state index contributed by atoms with van der Waals surface area (Å²) in [6.07, 6.45) is 2.26. The van der Waals surface area contributed by atoms with Crippen molar-refractivity contribution in [1.82, 2.24) is 14.9 Å². The zero-order valence-corrected chi connectivity index (χ0v) is 13.7. The lowest BCUT2D eigenvalue weighted by atomic mass is 10.2. The van der Waals surface area contributed by atoms with E-state index in [0.717, 1.165) is 31.7 Å². The standard InChI is InChI=1S/C15H29N5O/c1-5-21-11-15-18-13(16)10-14(19-15)17-8-6-7-9-20(4)12(2)3/h10,12H,5-9,11H2,1-4H3,(H3,16,17,18,19). The molecule has 6 heteroatoms. The number of anilines is 2. The summed E-state index contributed by atoms with van der Waals surface area (Å²) in [5.41, 5.74) is 5.78. The Balaban J connectivity index is 2.33. The van der Waals surface area contributed by atoms with Crippen LogP contribution in [-0.4, -0.2) is 47.7 Å². The number of ether oxygens (including phenoxy) is 1. The topological polar surface area (TPSA) is 76.3 Å². The highest BCUT2D eigenvalue weighted by molar-refractivity contribution is 5.44. The van der Waals surface area contributed by atoms with Gasteiger partial charge < -0.3 is 20.7 Å². The van der Waals surface area contributed by atoms with Gasteiger partial charge in [-0.25, -0.2) is 9.97 Å². The van der Waals surface area contributed by atoms with Crippen LogP contribution in [0.1, 0.15) is 39.4 Å². The molecule has 0 amide bonds. The monoisotopic (exact) mass is 295 g/mol. The largest absolute Gasteiger partial charge is 0.384 e. The molecule has 0 aliphatic heterocycles. The maximum absolute atomic E-state index is 5.78. The van der Waals surface area contributed by atoms with E-state index in [0.29, 0.717) is 30.9 Å². The summed E-state index contributed by atoms with van der Waals surface area (Å²) in [7, 11) is 2.16. The summed E-state index contributed by atoms with van der Waals surface area (Å²) in [4.78, 5) is 10.9. The van der Waals surface area contributed by atoms with Crippen LogP contribution >= 0.6 is 0 Å². The Morgan fingerprint density at radius 2 is 2.10 bits per heavy atom. The lowest BCUT2D eigenvalue weighted by Crippen LogP contribution is -2.27. The van der Waals surface area contributed by atoms with Gasteiger partial charge in [0.25, 0.3) is 0 Å². The number of nitrogens with one attached hydrogen (secondary N) is 1. The van der Waals surface area contributed by atoms with Gasteiger partial charge in [-0.2, -0.15) is 0 Å². The molecule has 1 aromatic heterocycles. The molecule has 0 saturated heterocycles. The molecule has 0 spiro atoms. The number of unbranched alkanes of at least 4 members (excludes halogenated alkanes) is 1. The smallest absolute Gasteiger partial charge is 0.158 e. The molecule has 0 bridgehead atoms.